The van der Waals surface area contributed by atoms with Gasteiger partial charge in [-0.1, -0.05) is 72.8 Å². The van der Waals surface area contributed by atoms with Crippen LogP contribution in [0.5, 0.6) is 11.5 Å². The highest BCUT2D eigenvalue weighted by Crippen LogP contribution is 2.37. The number of benzene rings is 4. The summed E-state index contributed by atoms with van der Waals surface area (Å²) in [5, 5.41) is 10.0. The first-order valence-electron chi connectivity index (χ1n) is 12.9. The van der Waals surface area contributed by atoms with E-state index < -0.39 is 0 Å². The van der Waals surface area contributed by atoms with Gasteiger partial charge in [-0.3, -0.25) is 9.69 Å². The van der Waals surface area contributed by atoms with Crippen molar-refractivity contribution in [3.63, 3.8) is 0 Å². The Labute approximate surface area is 238 Å². The third-order valence-electron chi connectivity index (χ3n) is 6.14. The van der Waals surface area contributed by atoms with Gasteiger partial charge in [-0.15, -0.1) is 0 Å². The maximum Gasteiger partial charge on any atom is 0.267 e. The standard InChI is InChI=1S/C33H27N3O3S/c1-2-38-30-19-25(17-18-29(30)39-23-27-14-10-9-13-26(27)21-34)20-31-32(37)36(22-24-11-5-3-6-12-24)33(40-31)35-28-15-7-4-8-16-28/h3-20H,2,22-23H2,1H3/b31-20-,35-33?. The molecule has 40 heavy (non-hydrogen) atoms. The molecule has 1 aliphatic rings. The SMILES string of the molecule is CCOc1cc(/C=C2\SC(=Nc3ccccc3)N(Cc3ccccc3)C2=O)ccc1OCc1ccccc1C#N. The highest BCUT2D eigenvalue weighted by atomic mass is 32.2. The first kappa shape index (κ1) is 26.8. The number of hydrogen-bond donors (Lipinski definition) is 0. The number of para-hydroxylation sites is 1. The highest BCUT2D eigenvalue weighted by Gasteiger charge is 2.33. The Balaban J connectivity index is 1.42. The highest BCUT2D eigenvalue weighted by molar-refractivity contribution is 8.18. The third-order valence-corrected chi connectivity index (χ3v) is 7.15. The van der Waals surface area contributed by atoms with Crippen molar-refractivity contribution in [2.75, 3.05) is 6.61 Å². The van der Waals surface area contributed by atoms with Gasteiger partial charge in [0.15, 0.2) is 16.7 Å². The molecule has 198 valence electrons. The second kappa shape index (κ2) is 12.8. The monoisotopic (exact) mass is 545 g/mol. The zero-order chi connectivity index (χ0) is 27.7. The number of nitrogens with zero attached hydrogens (tertiary/aromatic N) is 3. The predicted molar refractivity (Wildman–Crippen MR) is 159 cm³/mol. The van der Waals surface area contributed by atoms with Gasteiger partial charge in [-0.05, 0) is 66.2 Å². The van der Waals surface area contributed by atoms with E-state index in [0.717, 1.165) is 22.4 Å². The summed E-state index contributed by atoms with van der Waals surface area (Å²) in [5.74, 6) is 1.04. The first-order chi connectivity index (χ1) is 19.6. The molecule has 7 heteroatoms. The van der Waals surface area contributed by atoms with Crippen molar-refractivity contribution >= 4 is 34.6 Å². The van der Waals surface area contributed by atoms with Crippen molar-refractivity contribution in [2.45, 2.75) is 20.1 Å². The van der Waals surface area contributed by atoms with Gasteiger partial charge < -0.3 is 9.47 Å². The summed E-state index contributed by atoms with van der Waals surface area (Å²) in [5.41, 5.74) is 4.00. The van der Waals surface area contributed by atoms with Crippen molar-refractivity contribution in [3.05, 3.63) is 130 Å². The Morgan fingerprint density at radius 3 is 2.38 bits per heavy atom. The van der Waals surface area contributed by atoms with Crippen LogP contribution in [0.4, 0.5) is 5.69 Å². The number of rotatable bonds is 9. The van der Waals surface area contributed by atoms with Gasteiger partial charge in [0.2, 0.25) is 0 Å². The summed E-state index contributed by atoms with van der Waals surface area (Å²) < 4.78 is 11.9. The molecule has 0 saturated carbocycles. The average Bonchev–Trinajstić information content (AvgIpc) is 3.27. The van der Waals surface area contributed by atoms with Crippen molar-refractivity contribution in [2.24, 2.45) is 4.99 Å². The summed E-state index contributed by atoms with van der Waals surface area (Å²) in [4.78, 5) is 20.7. The second-order valence-electron chi connectivity index (χ2n) is 8.91. The van der Waals surface area contributed by atoms with Gasteiger partial charge in [0.25, 0.3) is 5.91 Å². The van der Waals surface area contributed by atoms with Crippen LogP contribution in [-0.2, 0) is 17.9 Å². The maximum atomic E-state index is 13.6. The molecule has 1 saturated heterocycles. The number of ether oxygens (including phenoxy) is 2. The summed E-state index contributed by atoms with van der Waals surface area (Å²) >= 11 is 1.36. The number of nitriles is 1. The minimum absolute atomic E-state index is 0.102. The van der Waals surface area contributed by atoms with Crippen molar-refractivity contribution in [1.82, 2.24) is 4.90 Å². The molecule has 1 fully saturated rings. The van der Waals surface area contributed by atoms with Crippen LogP contribution in [0.2, 0.25) is 0 Å². The van der Waals surface area contributed by atoms with Gasteiger partial charge >= 0.3 is 0 Å². The fourth-order valence-electron chi connectivity index (χ4n) is 4.17. The molecule has 0 radical (unpaired) electrons. The predicted octanol–water partition coefficient (Wildman–Crippen LogP) is 7.34. The van der Waals surface area contributed by atoms with Gasteiger partial charge in [0.05, 0.1) is 35.4 Å². The molecule has 6 nitrogen and oxygen atoms in total. The number of thioether (sulfide) groups is 1. The van der Waals surface area contributed by atoms with Crippen LogP contribution in [0.3, 0.4) is 0 Å². The Morgan fingerprint density at radius 2 is 1.62 bits per heavy atom. The van der Waals surface area contributed by atoms with Crippen LogP contribution < -0.4 is 9.47 Å². The van der Waals surface area contributed by atoms with E-state index in [1.54, 1.807) is 11.0 Å². The van der Waals surface area contributed by atoms with Crippen LogP contribution in [-0.4, -0.2) is 22.6 Å². The summed E-state index contributed by atoms with van der Waals surface area (Å²) in [7, 11) is 0. The first-order valence-corrected chi connectivity index (χ1v) is 13.7. The van der Waals surface area contributed by atoms with E-state index >= 15 is 0 Å². The Kier molecular flexibility index (Phi) is 8.60. The van der Waals surface area contributed by atoms with E-state index in [-0.39, 0.29) is 12.5 Å². The number of carbonyl (C=O) groups is 1. The molecule has 4 aromatic rings. The molecular weight excluding hydrogens is 518 g/mol. The van der Waals surface area contributed by atoms with Crippen molar-refractivity contribution < 1.29 is 14.3 Å². The smallest absolute Gasteiger partial charge is 0.267 e. The molecule has 0 atom stereocenters. The molecule has 0 bridgehead atoms. The average molecular weight is 546 g/mol. The van der Waals surface area contributed by atoms with Crippen LogP contribution in [0, 0.1) is 11.3 Å². The lowest BCUT2D eigenvalue weighted by Crippen LogP contribution is -2.28. The van der Waals surface area contributed by atoms with E-state index in [1.807, 2.05) is 110 Å². The normalized spacial score (nSPS) is 14.9. The molecule has 1 amide bonds. The quantitative estimate of drug-likeness (QED) is 0.206. The van der Waals surface area contributed by atoms with Crippen molar-refractivity contribution in [3.8, 4) is 17.6 Å². The van der Waals surface area contributed by atoms with Crippen LogP contribution >= 0.6 is 11.8 Å². The number of amidine groups is 1. The van der Waals surface area contributed by atoms with E-state index in [1.165, 1.54) is 11.8 Å². The van der Waals surface area contributed by atoms with E-state index in [9.17, 15) is 10.1 Å². The maximum absolute atomic E-state index is 13.6. The summed E-state index contributed by atoms with van der Waals surface area (Å²) in [6, 6.07) is 34.7. The minimum Gasteiger partial charge on any atom is -0.490 e. The molecular formula is C33H27N3O3S. The molecule has 1 aliphatic heterocycles. The van der Waals surface area contributed by atoms with Crippen molar-refractivity contribution in [1.29, 1.82) is 5.26 Å². The van der Waals surface area contributed by atoms with E-state index in [4.69, 9.17) is 14.5 Å². The second-order valence-corrected chi connectivity index (χ2v) is 9.92. The molecule has 0 aromatic heterocycles. The van der Waals surface area contributed by atoms with Gasteiger partial charge in [-0.25, -0.2) is 4.99 Å². The van der Waals surface area contributed by atoms with E-state index in [0.29, 0.717) is 40.3 Å². The Hall–Kier alpha value is -4.80. The third kappa shape index (κ3) is 6.42. The van der Waals surface area contributed by atoms with Gasteiger partial charge in [-0.2, -0.15) is 5.26 Å². The Morgan fingerprint density at radius 1 is 0.900 bits per heavy atom. The van der Waals surface area contributed by atoms with Gasteiger partial charge in [0.1, 0.15) is 6.61 Å². The topological polar surface area (TPSA) is 74.9 Å². The molecule has 0 unspecified atom stereocenters. The molecule has 0 N–H and O–H groups in total. The largest absolute Gasteiger partial charge is 0.490 e. The van der Waals surface area contributed by atoms with Crippen LogP contribution in [0.1, 0.15) is 29.2 Å². The lowest BCUT2D eigenvalue weighted by atomic mass is 10.1. The zero-order valence-electron chi connectivity index (χ0n) is 22.0. The minimum atomic E-state index is -0.102. The summed E-state index contributed by atoms with van der Waals surface area (Å²) in [6.45, 7) is 3.03. The number of carbonyl (C=O) groups excluding carboxylic acids is 1. The summed E-state index contributed by atoms with van der Waals surface area (Å²) in [6.07, 6.45) is 1.86. The van der Waals surface area contributed by atoms with Crippen LogP contribution in [0.25, 0.3) is 6.08 Å². The fourth-order valence-corrected chi connectivity index (χ4v) is 5.17. The lowest BCUT2D eigenvalue weighted by Gasteiger charge is -2.15. The number of hydrogen-bond acceptors (Lipinski definition) is 6. The van der Waals surface area contributed by atoms with Crippen LogP contribution in [0.15, 0.2) is 113 Å². The molecule has 0 aliphatic carbocycles. The van der Waals surface area contributed by atoms with E-state index in [2.05, 4.69) is 6.07 Å². The number of amides is 1. The molecule has 4 aromatic carbocycles. The molecule has 5 rings (SSSR count). The zero-order valence-corrected chi connectivity index (χ0v) is 22.8. The molecule has 1 heterocycles. The molecule has 0 spiro atoms. The lowest BCUT2D eigenvalue weighted by molar-refractivity contribution is -0.122. The van der Waals surface area contributed by atoms with Gasteiger partial charge in [0, 0.05) is 5.56 Å². The number of aliphatic imine (C=N–C) groups is 1. The fraction of sp³-hybridized carbons (Fsp3) is 0.121. The Bertz CT molecular complexity index is 1590.